The second-order valence-electron chi connectivity index (χ2n) is 4.95. The quantitative estimate of drug-likeness (QED) is 0.893. The average molecular weight is 250 g/mol. The Bertz CT molecular complexity index is 361. The fraction of sp³-hybridized carbons (Fsp3) is 0.600. The summed E-state index contributed by atoms with van der Waals surface area (Å²) in [6.07, 6.45) is 0.523. The predicted octanol–water partition coefficient (Wildman–Crippen LogP) is 2.79. The predicted molar refractivity (Wildman–Crippen MR) is 70.7 cm³/mol. The molecule has 3 heteroatoms. The minimum absolute atomic E-state index is 0.289. The highest BCUT2D eigenvalue weighted by Crippen LogP contribution is 2.34. The van der Waals surface area contributed by atoms with Gasteiger partial charge in [0.25, 0.3) is 0 Å². The number of ether oxygens (including phenoxy) is 2. The normalized spacial score (nSPS) is 25.7. The van der Waals surface area contributed by atoms with Gasteiger partial charge in [-0.3, -0.25) is 0 Å². The summed E-state index contributed by atoms with van der Waals surface area (Å²) in [6, 6.07) is 7.76. The van der Waals surface area contributed by atoms with Gasteiger partial charge < -0.3 is 14.6 Å². The van der Waals surface area contributed by atoms with E-state index in [0.29, 0.717) is 12.5 Å². The highest BCUT2D eigenvalue weighted by atomic mass is 16.5. The number of aliphatic hydroxyl groups excluding tert-OH is 1. The van der Waals surface area contributed by atoms with Gasteiger partial charge >= 0.3 is 0 Å². The van der Waals surface area contributed by atoms with E-state index in [4.69, 9.17) is 9.47 Å². The molecule has 1 aromatic rings. The van der Waals surface area contributed by atoms with Crippen molar-refractivity contribution in [1.82, 2.24) is 0 Å². The molecular weight excluding hydrogens is 228 g/mol. The molecule has 0 bridgehead atoms. The van der Waals surface area contributed by atoms with Crippen molar-refractivity contribution >= 4 is 0 Å². The Morgan fingerprint density at radius 3 is 2.72 bits per heavy atom. The van der Waals surface area contributed by atoms with Crippen LogP contribution >= 0.6 is 0 Å². The van der Waals surface area contributed by atoms with Crippen LogP contribution in [-0.4, -0.2) is 24.9 Å². The zero-order valence-corrected chi connectivity index (χ0v) is 11.1. The first-order chi connectivity index (χ1) is 8.72. The van der Waals surface area contributed by atoms with Crippen molar-refractivity contribution < 1.29 is 14.6 Å². The molecule has 1 saturated heterocycles. The van der Waals surface area contributed by atoms with Crippen molar-refractivity contribution in [2.45, 2.75) is 26.4 Å². The summed E-state index contributed by atoms with van der Waals surface area (Å²) in [4.78, 5) is 0. The third-order valence-electron chi connectivity index (χ3n) is 3.65. The van der Waals surface area contributed by atoms with Gasteiger partial charge in [-0.05, 0) is 42.9 Å². The number of rotatable bonds is 4. The van der Waals surface area contributed by atoms with Gasteiger partial charge in [0.2, 0.25) is 0 Å². The number of aliphatic hydroxyl groups is 1. The highest BCUT2D eigenvalue weighted by Gasteiger charge is 2.29. The summed E-state index contributed by atoms with van der Waals surface area (Å²) < 4.78 is 10.8. The Balaban J connectivity index is 2.05. The summed E-state index contributed by atoms with van der Waals surface area (Å²) >= 11 is 0. The maximum Gasteiger partial charge on any atom is 0.119 e. The number of hydrogen-bond donors (Lipinski definition) is 1. The first-order valence-corrected chi connectivity index (χ1v) is 6.71. The molecule has 100 valence electrons. The van der Waals surface area contributed by atoms with Crippen LogP contribution in [0.15, 0.2) is 24.3 Å². The molecule has 3 unspecified atom stereocenters. The van der Waals surface area contributed by atoms with Crippen LogP contribution in [0.3, 0.4) is 0 Å². The third-order valence-corrected chi connectivity index (χ3v) is 3.65. The van der Waals surface area contributed by atoms with Crippen molar-refractivity contribution in [3.8, 4) is 5.75 Å². The van der Waals surface area contributed by atoms with Gasteiger partial charge in [-0.25, -0.2) is 0 Å². The van der Waals surface area contributed by atoms with Gasteiger partial charge in [0, 0.05) is 13.2 Å². The molecule has 1 aliphatic rings. The van der Waals surface area contributed by atoms with E-state index in [2.05, 4.69) is 6.92 Å². The van der Waals surface area contributed by atoms with E-state index >= 15 is 0 Å². The fourth-order valence-electron chi connectivity index (χ4n) is 2.54. The monoisotopic (exact) mass is 250 g/mol. The SMILES string of the molecule is CCOc1ccc(C(O)C2CCOCC2C)cc1. The largest absolute Gasteiger partial charge is 0.494 e. The maximum absolute atomic E-state index is 10.4. The molecule has 1 heterocycles. The third kappa shape index (κ3) is 3.03. The fourth-order valence-corrected chi connectivity index (χ4v) is 2.54. The second kappa shape index (κ2) is 6.21. The van der Waals surface area contributed by atoms with Gasteiger partial charge in [-0.2, -0.15) is 0 Å². The highest BCUT2D eigenvalue weighted by molar-refractivity contribution is 5.28. The molecule has 0 spiro atoms. The molecule has 3 atom stereocenters. The number of hydrogen-bond acceptors (Lipinski definition) is 3. The van der Waals surface area contributed by atoms with Crippen LogP contribution in [0.1, 0.15) is 31.9 Å². The lowest BCUT2D eigenvalue weighted by Crippen LogP contribution is -2.30. The molecule has 0 aromatic heterocycles. The van der Waals surface area contributed by atoms with Crippen LogP contribution in [0.25, 0.3) is 0 Å². The summed E-state index contributed by atoms with van der Waals surface area (Å²) in [5.74, 6) is 1.55. The van der Waals surface area contributed by atoms with E-state index < -0.39 is 6.10 Å². The summed E-state index contributed by atoms with van der Waals surface area (Å²) in [5.41, 5.74) is 0.970. The van der Waals surface area contributed by atoms with E-state index in [0.717, 1.165) is 30.9 Å². The molecule has 0 saturated carbocycles. The maximum atomic E-state index is 10.4. The number of benzene rings is 1. The van der Waals surface area contributed by atoms with Gasteiger partial charge in [0.15, 0.2) is 0 Å². The second-order valence-corrected chi connectivity index (χ2v) is 4.95. The van der Waals surface area contributed by atoms with Gasteiger partial charge in [-0.1, -0.05) is 19.1 Å². The molecule has 1 aromatic carbocycles. The molecular formula is C15H22O3. The molecule has 0 amide bonds. The van der Waals surface area contributed by atoms with E-state index in [1.165, 1.54) is 0 Å². The molecule has 1 aliphatic heterocycles. The molecule has 0 radical (unpaired) electrons. The molecule has 18 heavy (non-hydrogen) atoms. The van der Waals surface area contributed by atoms with Gasteiger partial charge in [-0.15, -0.1) is 0 Å². The molecule has 1 fully saturated rings. The lowest BCUT2D eigenvalue weighted by Gasteiger charge is -2.32. The zero-order chi connectivity index (χ0) is 13.0. The topological polar surface area (TPSA) is 38.7 Å². The standard InChI is InChI=1S/C15H22O3/c1-3-18-13-6-4-12(5-7-13)15(16)14-8-9-17-10-11(14)2/h4-7,11,14-16H,3,8-10H2,1-2H3. The van der Waals surface area contributed by atoms with Crippen molar-refractivity contribution in [2.75, 3.05) is 19.8 Å². The van der Waals surface area contributed by atoms with Crippen molar-refractivity contribution in [3.63, 3.8) is 0 Å². The Kier molecular flexibility index (Phi) is 4.61. The minimum Gasteiger partial charge on any atom is -0.494 e. The zero-order valence-electron chi connectivity index (χ0n) is 11.1. The summed E-state index contributed by atoms with van der Waals surface area (Å²) in [6.45, 7) is 6.27. The Morgan fingerprint density at radius 2 is 2.11 bits per heavy atom. The van der Waals surface area contributed by atoms with Crippen LogP contribution in [0, 0.1) is 11.8 Å². The van der Waals surface area contributed by atoms with Crippen LogP contribution in [0.4, 0.5) is 0 Å². The van der Waals surface area contributed by atoms with Crippen molar-refractivity contribution in [1.29, 1.82) is 0 Å². The molecule has 3 nitrogen and oxygen atoms in total. The first kappa shape index (κ1) is 13.4. The Labute approximate surface area is 109 Å². The van der Waals surface area contributed by atoms with Crippen molar-refractivity contribution in [3.05, 3.63) is 29.8 Å². The van der Waals surface area contributed by atoms with Crippen LogP contribution in [0.5, 0.6) is 5.75 Å². The van der Waals surface area contributed by atoms with E-state index in [1.807, 2.05) is 31.2 Å². The molecule has 2 rings (SSSR count). The molecule has 0 aliphatic carbocycles. The van der Waals surface area contributed by atoms with Gasteiger partial charge in [0.05, 0.1) is 12.7 Å². The van der Waals surface area contributed by atoms with Crippen molar-refractivity contribution in [2.24, 2.45) is 11.8 Å². The van der Waals surface area contributed by atoms with E-state index in [-0.39, 0.29) is 5.92 Å². The average Bonchev–Trinajstić information content (AvgIpc) is 2.40. The lowest BCUT2D eigenvalue weighted by molar-refractivity contribution is -0.0310. The Hall–Kier alpha value is -1.06. The molecule has 1 N–H and O–H groups in total. The van der Waals surface area contributed by atoms with Crippen LogP contribution < -0.4 is 4.74 Å². The van der Waals surface area contributed by atoms with Crippen LogP contribution in [0.2, 0.25) is 0 Å². The summed E-state index contributed by atoms with van der Waals surface area (Å²) in [5, 5.41) is 10.4. The smallest absolute Gasteiger partial charge is 0.119 e. The van der Waals surface area contributed by atoms with Gasteiger partial charge in [0.1, 0.15) is 5.75 Å². The minimum atomic E-state index is -0.403. The van der Waals surface area contributed by atoms with E-state index in [9.17, 15) is 5.11 Å². The lowest BCUT2D eigenvalue weighted by atomic mass is 9.82. The van der Waals surface area contributed by atoms with Crippen LogP contribution in [-0.2, 0) is 4.74 Å². The van der Waals surface area contributed by atoms with E-state index in [1.54, 1.807) is 0 Å². The first-order valence-electron chi connectivity index (χ1n) is 6.71. The Morgan fingerprint density at radius 1 is 1.39 bits per heavy atom. The summed E-state index contributed by atoms with van der Waals surface area (Å²) in [7, 11) is 0.